The van der Waals surface area contributed by atoms with E-state index in [9.17, 15) is 0 Å². The number of benzene rings is 2. The second-order valence-corrected chi connectivity index (χ2v) is 6.10. The minimum Gasteiger partial charge on any atom is -0.0843 e. The summed E-state index contributed by atoms with van der Waals surface area (Å²) in [6, 6.07) is 15.6. The summed E-state index contributed by atoms with van der Waals surface area (Å²) < 4.78 is 0. The van der Waals surface area contributed by atoms with Gasteiger partial charge in [0.25, 0.3) is 0 Å². The Labute approximate surface area is 139 Å². The number of hydrogen-bond acceptors (Lipinski definition) is 1. The molecule has 0 fully saturated rings. The molecule has 1 atom stereocenters. The number of allylic oxidation sites excluding steroid dienone is 4. The summed E-state index contributed by atoms with van der Waals surface area (Å²) in [5, 5.41) is 1.44. The van der Waals surface area contributed by atoms with Crippen molar-refractivity contribution in [3.63, 3.8) is 0 Å². The van der Waals surface area contributed by atoms with Crippen molar-refractivity contribution < 1.29 is 0 Å². The zero-order valence-electron chi connectivity index (χ0n) is 11.0. The highest BCUT2D eigenvalue weighted by molar-refractivity contribution is 7.80. The molecule has 0 bridgehead atoms. The molecule has 3 heteroatoms. The SMILES string of the molecule is S=C1[C]=CC=C(c2ccc(Cl)cc2)C1c1ccc(Cl)cc1. The summed E-state index contributed by atoms with van der Waals surface area (Å²) in [6.07, 6.45) is 7.05. The third-order valence-electron chi connectivity index (χ3n) is 3.44. The summed E-state index contributed by atoms with van der Waals surface area (Å²) >= 11 is 17.4. The van der Waals surface area contributed by atoms with Crippen molar-refractivity contribution in [2.45, 2.75) is 5.92 Å². The van der Waals surface area contributed by atoms with Crippen LogP contribution < -0.4 is 0 Å². The molecule has 0 saturated heterocycles. The van der Waals surface area contributed by atoms with E-state index < -0.39 is 0 Å². The Kier molecular flexibility index (Phi) is 4.25. The fourth-order valence-corrected chi connectivity index (χ4v) is 3.01. The van der Waals surface area contributed by atoms with Crippen LogP contribution in [0.15, 0.2) is 60.7 Å². The number of rotatable bonds is 2. The molecule has 3 rings (SSSR count). The summed E-state index contributed by atoms with van der Waals surface area (Å²) in [6.45, 7) is 0. The van der Waals surface area contributed by atoms with E-state index in [1.807, 2.05) is 54.6 Å². The Morgan fingerprint density at radius 1 is 0.857 bits per heavy atom. The second kappa shape index (κ2) is 6.15. The van der Waals surface area contributed by atoms with Crippen LogP contribution in [-0.4, -0.2) is 4.86 Å². The van der Waals surface area contributed by atoms with Crippen LogP contribution in [0.1, 0.15) is 17.0 Å². The Bertz CT molecular complexity index is 725. The fraction of sp³-hybridized carbons (Fsp3) is 0.0556. The minimum absolute atomic E-state index is 0.0171. The van der Waals surface area contributed by atoms with Gasteiger partial charge in [0.2, 0.25) is 0 Å². The van der Waals surface area contributed by atoms with Crippen LogP contribution in [0.4, 0.5) is 0 Å². The van der Waals surface area contributed by atoms with Crippen molar-refractivity contribution >= 4 is 45.9 Å². The maximum Gasteiger partial charge on any atom is 0.0454 e. The lowest BCUT2D eigenvalue weighted by molar-refractivity contribution is 1.17. The normalized spacial score (nSPS) is 17.7. The molecule has 2 aromatic carbocycles. The van der Waals surface area contributed by atoms with Gasteiger partial charge in [0.15, 0.2) is 0 Å². The molecule has 0 aromatic heterocycles. The number of thiocarbonyl (C=S) groups is 1. The zero-order chi connectivity index (χ0) is 14.8. The molecule has 0 saturated carbocycles. The van der Waals surface area contributed by atoms with Crippen LogP contribution >= 0.6 is 35.4 Å². The minimum atomic E-state index is 0.0171. The highest BCUT2D eigenvalue weighted by Crippen LogP contribution is 2.36. The van der Waals surface area contributed by atoms with Crippen LogP contribution in [0, 0.1) is 6.08 Å². The molecular weight excluding hydrogens is 319 g/mol. The highest BCUT2D eigenvalue weighted by atomic mass is 35.5. The molecule has 103 valence electrons. The lowest BCUT2D eigenvalue weighted by atomic mass is 9.82. The first kappa shape index (κ1) is 14.5. The third kappa shape index (κ3) is 3.11. The van der Waals surface area contributed by atoms with E-state index in [4.69, 9.17) is 35.4 Å². The van der Waals surface area contributed by atoms with Gasteiger partial charge in [-0.2, -0.15) is 0 Å². The maximum absolute atomic E-state index is 5.97. The van der Waals surface area contributed by atoms with Crippen molar-refractivity contribution in [3.8, 4) is 0 Å². The lowest BCUT2D eigenvalue weighted by Crippen LogP contribution is -2.13. The van der Waals surface area contributed by atoms with Crippen molar-refractivity contribution in [1.29, 1.82) is 0 Å². The van der Waals surface area contributed by atoms with Gasteiger partial charge >= 0.3 is 0 Å². The molecule has 1 aliphatic carbocycles. The van der Waals surface area contributed by atoms with Gasteiger partial charge in [-0.1, -0.05) is 71.8 Å². The molecular formula is C18H11Cl2S. The molecule has 0 spiro atoms. The second-order valence-electron chi connectivity index (χ2n) is 4.79. The van der Waals surface area contributed by atoms with Gasteiger partial charge in [0, 0.05) is 20.8 Å². The summed E-state index contributed by atoms with van der Waals surface area (Å²) in [5.74, 6) is 0.0171. The summed E-state index contributed by atoms with van der Waals surface area (Å²) in [7, 11) is 0. The molecule has 0 nitrogen and oxygen atoms in total. The largest absolute Gasteiger partial charge is 0.0843 e. The number of hydrogen-bond donors (Lipinski definition) is 0. The van der Waals surface area contributed by atoms with Crippen LogP contribution in [0.2, 0.25) is 10.0 Å². The molecule has 0 heterocycles. The van der Waals surface area contributed by atoms with Gasteiger partial charge in [0.05, 0.1) is 0 Å². The molecule has 0 aliphatic heterocycles. The molecule has 21 heavy (non-hydrogen) atoms. The fourth-order valence-electron chi connectivity index (χ4n) is 2.43. The third-order valence-corrected chi connectivity index (χ3v) is 4.30. The Morgan fingerprint density at radius 3 is 2.05 bits per heavy atom. The Hall–Kier alpha value is -1.41. The average Bonchev–Trinajstić information content (AvgIpc) is 2.49. The van der Waals surface area contributed by atoms with E-state index in [-0.39, 0.29) is 5.92 Å². The molecule has 0 N–H and O–H groups in total. The van der Waals surface area contributed by atoms with Crippen LogP contribution in [0.25, 0.3) is 5.57 Å². The average molecular weight is 330 g/mol. The van der Waals surface area contributed by atoms with Gasteiger partial charge in [-0.05, 0) is 47.0 Å². The van der Waals surface area contributed by atoms with Crippen LogP contribution in [0.5, 0.6) is 0 Å². The van der Waals surface area contributed by atoms with Gasteiger partial charge in [0.1, 0.15) is 0 Å². The van der Waals surface area contributed by atoms with E-state index in [0.717, 1.165) is 31.6 Å². The predicted molar refractivity (Wildman–Crippen MR) is 94.0 cm³/mol. The van der Waals surface area contributed by atoms with Gasteiger partial charge in [-0.25, -0.2) is 0 Å². The first-order valence-electron chi connectivity index (χ1n) is 6.50. The van der Waals surface area contributed by atoms with E-state index in [0.29, 0.717) is 0 Å². The molecule has 1 aliphatic rings. The maximum atomic E-state index is 5.97. The molecule has 2 aromatic rings. The van der Waals surface area contributed by atoms with Crippen LogP contribution in [-0.2, 0) is 0 Å². The van der Waals surface area contributed by atoms with E-state index in [2.05, 4.69) is 12.2 Å². The van der Waals surface area contributed by atoms with Gasteiger partial charge < -0.3 is 0 Å². The van der Waals surface area contributed by atoms with Crippen molar-refractivity contribution in [2.75, 3.05) is 0 Å². The Balaban J connectivity index is 2.06. The van der Waals surface area contributed by atoms with Crippen molar-refractivity contribution in [1.82, 2.24) is 0 Å². The monoisotopic (exact) mass is 329 g/mol. The van der Waals surface area contributed by atoms with Crippen molar-refractivity contribution in [2.24, 2.45) is 0 Å². The first-order chi connectivity index (χ1) is 10.1. The van der Waals surface area contributed by atoms with Gasteiger partial charge in [-0.3, -0.25) is 0 Å². The molecule has 0 amide bonds. The van der Waals surface area contributed by atoms with Crippen molar-refractivity contribution in [3.05, 3.63) is 87.9 Å². The predicted octanol–water partition coefficient (Wildman–Crippen LogP) is 5.90. The number of halogens is 2. The smallest absolute Gasteiger partial charge is 0.0454 e. The quantitative estimate of drug-likeness (QED) is 0.618. The molecule has 1 radical (unpaired) electrons. The zero-order valence-corrected chi connectivity index (χ0v) is 13.3. The summed E-state index contributed by atoms with van der Waals surface area (Å²) in [4.78, 5) is 0.782. The molecule has 1 unspecified atom stereocenters. The van der Waals surface area contributed by atoms with Crippen LogP contribution in [0.3, 0.4) is 0 Å². The first-order valence-corrected chi connectivity index (χ1v) is 7.67. The topological polar surface area (TPSA) is 0 Å². The standard InChI is InChI=1S/C18H11Cl2S/c19-14-8-4-12(5-9-14)16-2-1-3-17(21)18(16)13-6-10-15(20)11-7-13/h1-2,4-11,18H. The van der Waals surface area contributed by atoms with Gasteiger partial charge in [-0.15, -0.1) is 0 Å². The lowest BCUT2D eigenvalue weighted by Gasteiger charge is -2.23. The Morgan fingerprint density at radius 2 is 1.43 bits per heavy atom. The van der Waals surface area contributed by atoms with E-state index in [1.54, 1.807) is 0 Å². The van der Waals surface area contributed by atoms with E-state index in [1.165, 1.54) is 0 Å². The summed E-state index contributed by atoms with van der Waals surface area (Å²) in [5.41, 5.74) is 3.38. The van der Waals surface area contributed by atoms with E-state index >= 15 is 0 Å². The highest BCUT2D eigenvalue weighted by Gasteiger charge is 2.23.